The van der Waals surface area contributed by atoms with Gasteiger partial charge in [0.05, 0.1) is 55.3 Å². The summed E-state index contributed by atoms with van der Waals surface area (Å²) >= 11 is 10.0. The minimum absolute atomic E-state index is 0.0961. The van der Waals surface area contributed by atoms with Gasteiger partial charge in [-0.2, -0.15) is 0 Å². The standard InChI is InChI=1S/C57H64ClN4O10S2/c1-35(63)51-42(33-74-54-45(53(65)61(51)54)28-47(64)50(46-34-73-36(2)59-46)60-72-57(6,7)55(66)71-56(3,4)5)21-16-37-12-14-38(15-13-37)29-62(8,9)30-41-22-27-48(69-31-39-17-23-43(67-10)24-18-39)52(49(41)58)70-32-40-19-25-44(68-11)26-20-40/h12-27,34,45,54H,28-33H2,1-11H3/q+1/b21-16?,60-50-/t45-,54-/m1/s1. The van der Waals surface area contributed by atoms with Crippen LogP contribution in [0, 0.1) is 12.8 Å². The summed E-state index contributed by atoms with van der Waals surface area (Å²) < 4.78 is 29.4. The van der Waals surface area contributed by atoms with Crippen LogP contribution in [0.15, 0.2) is 113 Å². The molecule has 4 aromatic carbocycles. The molecule has 1 aromatic heterocycles. The zero-order valence-corrected chi connectivity index (χ0v) is 46.2. The van der Waals surface area contributed by atoms with Crippen LogP contribution in [-0.4, -0.2) is 94.2 Å². The van der Waals surface area contributed by atoms with Crippen molar-refractivity contribution in [1.82, 2.24) is 9.88 Å². The Morgan fingerprint density at radius 3 is 2.01 bits per heavy atom. The summed E-state index contributed by atoms with van der Waals surface area (Å²) in [5, 5.41) is 6.59. The molecular weight excluding hydrogens is 1000 g/mol. The van der Waals surface area contributed by atoms with Gasteiger partial charge >= 0.3 is 5.97 Å². The summed E-state index contributed by atoms with van der Waals surface area (Å²) in [7, 11) is 7.56. The molecule has 5 aromatic rings. The van der Waals surface area contributed by atoms with E-state index in [4.69, 9.17) is 40.1 Å². The molecule has 1 fully saturated rings. The number of ketones is 2. The number of Topliss-reactive ketones (excluding diaryl/α,β-unsaturated/α-hetero) is 2. The summed E-state index contributed by atoms with van der Waals surface area (Å²) in [6.07, 6.45) is 3.65. The van der Waals surface area contributed by atoms with Crippen LogP contribution in [0.5, 0.6) is 23.0 Å². The molecule has 0 saturated carbocycles. The van der Waals surface area contributed by atoms with Crippen LogP contribution >= 0.6 is 34.7 Å². The lowest BCUT2D eigenvalue weighted by molar-refractivity contribution is -0.916. The number of thioether (sulfide) groups is 1. The van der Waals surface area contributed by atoms with Crippen molar-refractivity contribution in [2.75, 3.05) is 34.1 Å². The smallest absolute Gasteiger partial charge is 0.353 e. The number of carbonyl (C=O) groups is 4. The van der Waals surface area contributed by atoms with Crippen molar-refractivity contribution in [1.29, 1.82) is 0 Å². The largest absolute Gasteiger partial charge is 0.497 e. The number of benzene rings is 4. The molecule has 0 bridgehead atoms. The van der Waals surface area contributed by atoms with Crippen molar-refractivity contribution in [3.63, 3.8) is 0 Å². The Hall–Kier alpha value is -6.46. The van der Waals surface area contributed by atoms with Crippen LogP contribution in [0.1, 0.15) is 86.5 Å². The fourth-order valence-corrected chi connectivity index (χ4v) is 10.6. The van der Waals surface area contributed by atoms with Crippen LogP contribution in [0.25, 0.3) is 6.08 Å². The molecule has 14 nitrogen and oxygen atoms in total. The van der Waals surface area contributed by atoms with Crippen molar-refractivity contribution in [2.45, 2.75) is 97.8 Å². The number of hydrogen-bond acceptors (Lipinski definition) is 14. The zero-order valence-electron chi connectivity index (χ0n) is 43.8. The first-order valence-electron chi connectivity index (χ1n) is 24.1. The fourth-order valence-electron chi connectivity index (χ4n) is 8.32. The number of rotatable bonds is 22. The second-order valence-electron chi connectivity index (χ2n) is 20.3. The van der Waals surface area contributed by atoms with Gasteiger partial charge in [-0.3, -0.25) is 19.3 Å². The van der Waals surface area contributed by atoms with Gasteiger partial charge in [0.25, 0.3) is 0 Å². The highest BCUT2D eigenvalue weighted by Gasteiger charge is 2.53. The van der Waals surface area contributed by atoms with Gasteiger partial charge in [-0.1, -0.05) is 77.4 Å². The predicted molar refractivity (Wildman–Crippen MR) is 289 cm³/mol. The number of thiazole rings is 1. The Morgan fingerprint density at radius 1 is 0.838 bits per heavy atom. The van der Waals surface area contributed by atoms with E-state index in [2.05, 4.69) is 36.4 Å². The maximum absolute atomic E-state index is 13.9. The molecule has 0 spiro atoms. The fraction of sp³-hybridized carbons (Fsp3) is 0.368. The third-order valence-electron chi connectivity index (χ3n) is 12.1. The van der Waals surface area contributed by atoms with Crippen LogP contribution in [0.4, 0.5) is 0 Å². The lowest BCUT2D eigenvalue weighted by Crippen LogP contribution is -2.61. The van der Waals surface area contributed by atoms with Crippen LogP contribution < -0.4 is 18.9 Å². The van der Waals surface area contributed by atoms with E-state index in [9.17, 15) is 19.2 Å². The Kier molecular flexibility index (Phi) is 17.5. The summed E-state index contributed by atoms with van der Waals surface area (Å²) in [5.74, 6) is 0.599. The van der Waals surface area contributed by atoms with E-state index in [1.54, 1.807) is 47.3 Å². The topological polar surface area (TPSA) is 152 Å². The molecule has 0 unspecified atom stereocenters. The zero-order chi connectivity index (χ0) is 53.5. The lowest BCUT2D eigenvalue weighted by Gasteiger charge is -2.49. The van der Waals surface area contributed by atoms with Crippen LogP contribution in [0.2, 0.25) is 5.02 Å². The number of hydrogen-bond donors (Lipinski definition) is 0. The molecular formula is C57H64ClN4O10S2+. The van der Waals surface area contributed by atoms with E-state index in [1.165, 1.54) is 48.8 Å². The van der Waals surface area contributed by atoms with Crippen LogP contribution in [-0.2, 0) is 55.1 Å². The number of oxime groups is 1. The highest BCUT2D eigenvalue weighted by molar-refractivity contribution is 8.00. The number of halogens is 1. The number of nitrogens with zero attached hydrogens (tertiary/aromatic N) is 4. The number of methoxy groups -OCH3 is 2. The van der Waals surface area contributed by atoms with Crippen molar-refractivity contribution < 1.29 is 52.2 Å². The molecule has 2 atom stereocenters. The van der Waals surface area contributed by atoms with E-state index >= 15 is 0 Å². The second-order valence-corrected chi connectivity index (χ2v) is 22.9. The highest BCUT2D eigenvalue weighted by atomic mass is 35.5. The molecule has 390 valence electrons. The first-order chi connectivity index (χ1) is 35.0. The monoisotopic (exact) mass is 1060 g/mol. The normalized spacial score (nSPS) is 16.1. The maximum atomic E-state index is 13.9. The van der Waals surface area contributed by atoms with E-state index in [1.807, 2.05) is 84.9 Å². The van der Waals surface area contributed by atoms with Crippen LogP contribution in [0.3, 0.4) is 0 Å². The van der Waals surface area contributed by atoms with Gasteiger partial charge in [-0.25, -0.2) is 9.78 Å². The summed E-state index contributed by atoms with van der Waals surface area (Å²) in [6.45, 7) is 13.4. The average molecular weight is 1060 g/mol. The number of quaternary nitrogens is 1. The molecule has 0 aliphatic carbocycles. The van der Waals surface area contributed by atoms with Gasteiger partial charge in [0.1, 0.15) is 49.1 Å². The highest BCUT2D eigenvalue weighted by Crippen LogP contribution is 2.46. The van der Waals surface area contributed by atoms with Gasteiger partial charge in [0.2, 0.25) is 11.5 Å². The molecule has 3 heterocycles. The van der Waals surface area contributed by atoms with E-state index < -0.39 is 34.2 Å². The molecule has 17 heteroatoms. The molecule has 7 rings (SSSR count). The van der Waals surface area contributed by atoms with Gasteiger partial charge in [0.15, 0.2) is 28.8 Å². The van der Waals surface area contributed by atoms with Gasteiger partial charge < -0.3 is 33.0 Å². The van der Waals surface area contributed by atoms with Gasteiger partial charge in [-0.15, -0.1) is 23.1 Å². The van der Waals surface area contributed by atoms with Crippen molar-refractivity contribution in [2.24, 2.45) is 11.1 Å². The minimum Gasteiger partial charge on any atom is -0.497 e. The van der Waals surface area contributed by atoms with Crippen molar-refractivity contribution in [3.05, 3.63) is 151 Å². The number of fused-ring (bicyclic) bond motifs is 1. The number of carbonyl (C=O) groups excluding carboxylic acids is 4. The molecule has 2 aliphatic rings. The Bertz CT molecular complexity index is 2960. The third-order valence-corrected chi connectivity index (χ3v) is 14.7. The van der Waals surface area contributed by atoms with Gasteiger partial charge in [0, 0.05) is 35.6 Å². The first kappa shape index (κ1) is 55.3. The SMILES string of the molecule is COc1ccc(COc2ccc(C[N+](C)(C)Cc3ccc(C=CC4=C(C(C)=O)N5C(=O)[C@@H](CC(=O)/C(=N\OC(C)(C)C(=O)OC(C)(C)C)c6csc(C)n6)[C@H]5SC4)cc3)c(Cl)c2OCc2ccc(OC)cc2)cc1. The molecule has 2 aliphatic heterocycles. The predicted octanol–water partition coefficient (Wildman–Crippen LogP) is 10.9. The summed E-state index contributed by atoms with van der Waals surface area (Å²) in [5.41, 5.74) is 3.82. The third kappa shape index (κ3) is 13.8. The maximum Gasteiger partial charge on any atom is 0.353 e. The van der Waals surface area contributed by atoms with Crippen molar-refractivity contribution in [3.8, 4) is 23.0 Å². The van der Waals surface area contributed by atoms with Gasteiger partial charge in [-0.05, 0) is 100 Å². The average Bonchev–Trinajstić information content (AvgIpc) is 3.79. The molecule has 0 N–H and O–H groups in total. The number of β-lactam (4-membered cyclic amide) rings is 1. The first-order valence-corrected chi connectivity index (χ1v) is 26.4. The van der Waals surface area contributed by atoms with E-state index in [-0.39, 0.29) is 36.1 Å². The molecule has 1 amide bonds. The summed E-state index contributed by atoms with van der Waals surface area (Å²) in [6, 6.07) is 27.5. The summed E-state index contributed by atoms with van der Waals surface area (Å²) in [4.78, 5) is 65.5. The Balaban J connectivity index is 1.01. The number of allylic oxidation sites excluding steroid dienone is 2. The Labute approximate surface area is 446 Å². The quantitative estimate of drug-likeness (QED) is 0.0213. The number of ether oxygens (including phenoxy) is 5. The van der Waals surface area contributed by atoms with E-state index in [0.29, 0.717) is 57.2 Å². The van der Waals surface area contributed by atoms with E-state index in [0.717, 1.165) is 44.9 Å². The molecule has 1 saturated heterocycles. The Morgan fingerprint density at radius 2 is 1.45 bits per heavy atom. The van der Waals surface area contributed by atoms with Crippen molar-refractivity contribution >= 4 is 69.9 Å². The number of aryl methyl sites for hydroxylation is 1. The molecule has 0 radical (unpaired) electrons. The number of aromatic nitrogens is 1. The number of esters is 1. The lowest BCUT2D eigenvalue weighted by atomic mass is 9.88. The molecule has 74 heavy (non-hydrogen) atoms. The minimum atomic E-state index is -1.52. The number of amides is 1. The second kappa shape index (κ2) is 23.4.